The second-order valence-electron chi connectivity index (χ2n) is 6.29. The number of hydrogen-bond acceptors (Lipinski definition) is 4. The summed E-state index contributed by atoms with van der Waals surface area (Å²) in [6.45, 7) is 1.45. The molecule has 7 nitrogen and oxygen atoms in total. The number of amides is 4. The zero-order valence-electron chi connectivity index (χ0n) is 14.5. The van der Waals surface area contributed by atoms with E-state index >= 15 is 0 Å². The Bertz CT molecular complexity index is 642. The van der Waals surface area contributed by atoms with Crippen molar-refractivity contribution in [3.63, 3.8) is 0 Å². The summed E-state index contributed by atoms with van der Waals surface area (Å²) in [5.41, 5.74) is 0.0470. The number of ether oxygens (including phenoxy) is 1. The van der Waals surface area contributed by atoms with Crippen molar-refractivity contribution < 1.29 is 19.1 Å². The van der Waals surface area contributed by atoms with Crippen LogP contribution in [0.3, 0.4) is 0 Å². The van der Waals surface area contributed by atoms with Crippen LogP contribution in [-0.2, 0) is 16.0 Å². The number of aryl methyl sites for hydroxylation is 1. The Kier molecular flexibility index (Phi) is 5.11. The van der Waals surface area contributed by atoms with Gasteiger partial charge in [0.05, 0.1) is 7.11 Å². The lowest BCUT2D eigenvalue weighted by atomic mass is 9.93. The molecule has 1 atom stereocenters. The molecule has 1 N–H and O–H groups in total. The van der Waals surface area contributed by atoms with E-state index in [1.54, 1.807) is 28.1 Å². The van der Waals surface area contributed by atoms with Crippen LogP contribution < -0.4 is 10.1 Å². The number of methoxy groups -OCH3 is 1. The number of carbonyl (C=O) groups is 3. The molecular formula is C17H23N3O4. The number of hydrogen-bond donors (Lipinski definition) is 1. The average molecular weight is 333 g/mol. The van der Waals surface area contributed by atoms with Gasteiger partial charge in [0.2, 0.25) is 5.91 Å². The molecule has 1 heterocycles. The highest BCUT2D eigenvalue weighted by Gasteiger charge is 2.47. The predicted octanol–water partition coefficient (Wildman–Crippen LogP) is 1.03. The third-order valence-electron chi connectivity index (χ3n) is 4.21. The predicted molar refractivity (Wildman–Crippen MR) is 88.7 cm³/mol. The average Bonchev–Trinajstić information content (AvgIpc) is 2.77. The minimum atomic E-state index is -0.996. The monoisotopic (exact) mass is 333 g/mol. The maximum atomic E-state index is 12.6. The summed E-state index contributed by atoms with van der Waals surface area (Å²) in [6, 6.07) is 7.05. The van der Waals surface area contributed by atoms with Gasteiger partial charge in [0.25, 0.3) is 5.91 Å². The molecule has 0 unspecified atom stereocenters. The van der Waals surface area contributed by atoms with Crippen LogP contribution in [0.1, 0.15) is 18.9 Å². The number of benzene rings is 1. The molecule has 1 aliphatic rings. The standard InChI is InChI=1S/C17H23N3O4/c1-17(10-9-12-5-7-13(24-4)8-6-12)15(22)20(16(23)18-17)11-14(21)19(2)3/h5-8H,9-11H2,1-4H3,(H,18,23)/t17-/m0/s1. The lowest BCUT2D eigenvalue weighted by Crippen LogP contribution is -2.45. The van der Waals surface area contributed by atoms with Gasteiger partial charge in [-0.25, -0.2) is 4.79 Å². The minimum absolute atomic E-state index is 0.240. The second kappa shape index (κ2) is 6.90. The summed E-state index contributed by atoms with van der Waals surface area (Å²) in [5.74, 6) is 0.109. The Morgan fingerprint density at radius 2 is 1.88 bits per heavy atom. The zero-order valence-corrected chi connectivity index (χ0v) is 14.5. The van der Waals surface area contributed by atoms with Gasteiger partial charge in [-0.1, -0.05) is 12.1 Å². The van der Waals surface area contributed by atoms with Crippen LogP contribution in [0.15, 0.2) is 24.3 Å². The summed E-state index contributed by atoms with van der Waals surface area (Å²) in [5, 5.41) is 2.71. The Labute approximate surface area is 141 Å². The fourth-order valence-electron chi connectivity index (χ4n) is 2.52. The number of imide groups is 1. The van der Waals surface area contributed by atoms with E-state index in [1.165, 1.54) is 4.90 Å². The Morgan fingerprint density at radius 1 is 1.25 bits per heavy atom. The van der Waals surface area contributed by atoms with E-state index < -0.39 is 11.6 Å². The normalized spacial score (nSPS) is 20.1. The maximum absolute atomic E-state index is 12.6. The number of nitrogens with zero attached hydrogens (tertiary/aromatic N) is 2. The topological polar surface area (TPSA) is 79.0 Å². The highest BCUT2D eigenvalue weighted by molar-refractivity contribution is 6.08. The SMILES string of the molecule is COc1ccc(CC[C@]2(C)NC(=O)N(CC(=O)N(C)C)C2=O)cc1. The van der Waals surface area contributed by atoms with E-state index in [-0.39, 0.29) is 18.4 Å². The summed E-state index contributed by atoms with van der Waals surface area (Å²) < 4.78 is 5.11. The molecule has 130 valence electrons. The molecule has 1 aliphatic heterocycles. The van der Waals surface area contributed by atoms with Crippen LogP contribution in [0, 0.1) is 0 Å². The molecule has 0 bridgehead atoms. The molecule has 1 saturated heterocycles. The van der Waals surface area contributed by atoms with Crippen molar-refractivity contribution in [3.05, 3.63) is 29.8 Å². The van der Waals surface area contributed by atoms with Crippen LogP contribution in [0.4, 0.5) is 4.79 Å². The molecule has 0 spiro atoms. The van der Waals surface area contributed by atoms with Gasteiger partial charge in [-0.05, 0) is 37.5 Å². The summed E-state index contributed by atoms with van der Waals surface area (Å²) in [7, 11) is 4.78. The zero-order chi connectivity index (χ0) is 17.9. The number of urea groups is 1. The van der Waals surface area contributed by atoms with E-state index in [0.29, 0.717) is 12.8 Å². The van der Waals surface area contributed by atoms with Gasteiger partial charge in [-0.3, -0.25) is 14.5 Å². The van der Waals surface area contributed by atoms with E-state index in [9.17, 15) is 14.4 Å². The van der Waals surface area contributed by atoms with Crippen molar-refractivity contribution in [2.24, 2.45) is 0 Å². The van der Waals surface area contributed by atoms with Crippen molar-refractivity contribution in [3.8, 4) is 5.75 Å². The number of likely N-dealkylation sites (N-methyl/N-ethyl adjacent to an activating group) is 1. The van der Waals surface area contributed by atoms with Gasteiger partial charge >= 0.3 is 6.03 Å². The highest BCUT2D eigenvalue weighted by Crippen LogP contribution is 2.24. The van der Waals surface area contributed by atoms with Crippen molar-refractivity contribution in [2.75, 3.05) is 27.7 Å². The number of carbonyl (C=O) groups excluding carboxylic acids is 3. The molecule has 0 aromatic heterocycles. The molecule has 1 aromatic rings. The molecule has 1 aromatic carbocycles. The smallest absolute Gasteiger partial charge is 0.325 e. The van der Waals surface area contributed by atoms with Gasteiger partial charge < -0.3 is 15.0 Å². The van der Waals surface area contributed by atoms with Crippen molar-refractivity contribution in [2.45, 2.75) is 25.3 Å². The molecule has 0 aliphatic carbocycles. The van der Waals surface area contributed by atoms with Gasteiger partial charge in [0.1, 0.15) is 17.8 Å². The number of nitrogens with one attached hydrogen (secondary N) is 1. The lowest BCUT2D eigenvalue weighted by molar-refractivity contribution is -0.137. The first-order valence-electron chi connectivity index (χ1n) is 7.74. The van der Waals surface area contributed by atoms with Crippen molar-refractivity contribution in [1.29, 1.82) is 0 Å². The fraction of sp³-hybridized carbons (Fsp3) is 0.471. The Balaban J connectivity index is 2.02. The van der Waals surface area contributed by atoms with Crippen LogP contribution in [0.2, 0.25) is 0 Å². The van der Waals surface area contributed by atoms with Crippen LogP contribution in [0.5, 0.6) is 5.75 Å². The van der Waals surface area contributed by atoms with Crippen LogP contribution >= 0.6 is 0 Å². The lowest BCUT2D eigenvalue weighted by Gasteiger charge is -2.22. The Morgan fingerprint density at radius 3 is 2.42 bits per heavy atom. The molecule has 4 amide bonds. The largest absolute Gasteiger partial charge is 0.497 e. The third kappa shape index (κ3) is 3.67. The minimum Gasteiger partial charge on any atom is -0.497 e. The van der Waals surface area contributed by atoms with E-state index in [4.69, 9.17) is 4.74 Å². The fourth-order valence-corrected chi connectivity index (χ4v) is 2.52. The quantitative estimate of drug-likeness (QED) is 0.789. The van der Waals surface area contributed by atoms with E-state index in [1.807, 2.05) is 24.3 Å². The molecule has 0 saturated carbocycles. The first kappa shape index (κ1) is 17.8. The molecular weight excluding hydrogens is 310 g/mol. The van der Waals surface area contributed by atoms with E-state index in [2.05, 4.69) is 5.32 Å². The first-order valence-corrected chi connectivity index (χ1v) is 7.74. The van der Waals surface area contributed by atoms with Gasteiger partial charge in [-0.2, -0.15) is 0 Å². The molecule has 0 radical (unpaired) electrons. The summed E-state index contributed by atoms with van der Waals surface area (Å²) in [6.07, 6.45) is 1.08. The molecule has 24 heavy (non-hydrogen) atoms. The van der Waals surface area contributed by atoms with Crippen molar-refractivity contribution in [1.82, 2.24) is 15.1 Å². The maximum Gasteiger partial charge on any atom is 0.325 e. The summed E-state index contributed by atoms with van der Waals surface area (Å²) >= 11 is 0. The summed E-state index contributed by atoms with van der Waals surface area (Å²) in [4.78, 5) is 38.7. The number of rotatable bonds is 6. The highest BCUT2D eigenvalue weighted by atomic mass is 16.5. The third-order valence-corrected chi connectivity index (χ3v) is 4.21. The first-order chi connectivity index (χ1) is 11.3. The van der Waals surface area contributed by atoms with Crippen LogP contribution in [-0.4, -0.2) is 60.9 Å². The van der Waals surface area contributed by atoms with Gasteiger partial charge in [0.15, 0.2) is 0 Å². The second-order valence-corrected chi connectivity index (χ2v) is 6.29. The molecule has 1 fully saturated rings. The molecule has 7 heteroatoms. The Hall–Kier alpha value is -2.57. The van der Waals surface area contributed by atoms with Gasteiger partial charge in [0, 0.05) is 14.1 Å². The van der Waals surface area contributed by atoms with Gasteiger partial charge in [-0.15, -0.1) is 0 Å². The van der Waals surface area contributed by atoms with E-state index in [0.717, 1.165) is 16.2 Å². The van der Waals surface area contributed by atoms with Crippen molar-refractivity contribution >= 4 is 17.8 Å². The van der Waals surface area contributed by atoms with Crippen LogP contribution in [0.25, 0.3) is 0 Å². The molecule has 2 rings (SSSR count).